The third kappa shape index (κ3) is 2.84. The van der Waals surface area contributed by atoms with Crippen molar-refractivity contribution in [1.29, 1.82) is 0 Å². The number of aromatic nitrogens is 2. The first-order chi connectivity index (χ1) is 8.70. The van der Waals surface area contributed by atoms with Gasteiger partial charge in [-0.1, -0.05) is 23.0 Å². The zero-order valence-electron chi connectivity index (χ0n) is 10.2. The second-order valence-electron chi connectivity index (χ2n) is 3.78. The van der Waals surface area contributed by atoms with Gasteiger partial charge in [-0.2, -0.15) is 0 Å². The van der Waals surface area contributed by atoms with Gasteiger partial charge in [0.1, 0.15) is 5.51 Å². The van der Waals surface area contributed by atoms with Crippen LogP contribution in [0.25, 0.3) is 0 Å². The fourth-order valence-corrected chi connectivity index (χ4v) is 2.02. The molecule has 0 aliphatic rings. The number of carbonyl (C=O) groups is 1. The Bertz CT molecular complexity index is 539. The molecule has 5 nitrogen and oxygen atoms in total. The molecule has 1 amide bonds. The maximum atomic E-state index is 12.1. The number of nitrogens with one attached hydrogen (secondary N) is 2. The maximum absolute atomic E-state index is 12.1. The van der Waals surface area contributed by atoms with Crippen molar-refractivity contribution in [3.8, 4) is 0 Å². The van der Waals surface area contributed by atoms with E-state index in [0.717, 1.165) is 17.8 Å². The van der Waals surface area contributed by atoms with Crippen molar-refractivity contribution in [1.82, 2.24) is 10.2 Å². The van der Waals surface area contributed by atoms with Crippen molar-refractivity contribution in [3.63, 3.8) is 0 Å². The summed E-state index contributed by atoms with van der Waals surface area (Å²) >= 11 is 1.29. The van der Waals surface area contributed by atoms with Gasteiger partial charge in [0, 0.05) is 12.2 Å². The molecule has 0 spiro atoms. The minimum absolute atomic E-state index is 0.175. The summed E-state index contributed by atoms with van der Waals surface area (Å²) in [6.45, 7) is 4.71. The number of amides is 1. The second kappa shape index (κ2) is 5.59. The highest BCUT2D eigenvalue weighted by Crippen LogP contribution is 2.19. The highest BCUT2D eigenvalue weighted by molar-refractivity contribution is 7.13. The Labute approximate surface area is 109 Å². The van der Waals surface area contributed by atoms with Gasteiger partial charge in [-0.15, -0.1) is 10.2 Å². The van der Waals surface area contributed by atoms with Crippen LogP contribution in [0.15, 0.2) is 23.7 Å². The first-order valence-corrected chi connectivity index (χ1v) is 6.50. The quantitative estimate of drug-likeness (QED) is 0.888. The van der Waals surface area contributed by atoms with E-state index in [9.17, 15) is 4.79 Å². The fourth-order valence-electron chi connectivity index (χ4n) is 1.58. The molecule has 0 bridgehead atoms. The van der Waals surface area contributed by atoms with Crippen LogP contribution in [0, 0.1) is 6.92 Å². The van der Waals surface area contributed by atoms with E-state index in [2.05, 4.69) is 20.8 Å². The zero-order chi connectivity index (χ0) is 13.0. The molecule has 6 heteroatoms. The van der Waals surface area contributed by atoms with Crippen molar-refractivity contribution in [2.45, 2.75) is 13.8 Å². The molecule has 0 aliphatic carbocycles. The lowest BCUT2D eigenvalue weighted by Crippen LogP contribution is -2.15. The van der Waals surface area contributed by atoms with Crippen LogP contribution in [0.3, 0.4) is 0 Å². The predicted octanol–water partition coefficient (Wildman–Crippen LogP) is 2.53. The summed E-state index contributed by atoms with van der Waals surface area (Å²) in [5, 5.41) is 13.9. The molecule has 1 aromatic carbocycles. The van der Waals surface area contributed by atoms with Gasteiger partial charge in [0.15, 0.2) is 0 Å². The smallest absolute Gasteiger partial charge is 0.259 e. The number of benzene rings is 1. The van der Waals surface area contributed by atoms with Gasteiger partial charge in [0.25, 0.3) is 5.91 Å². The van der Waals surface area contributed by atoms with Crippen LogP contribution in [0.4, 0.5) is 10.8 Å². The Hall–Kier alpha value is -1.95. The van der Waals surface area contributed by atoms with Gasteiger partial charge in [-0.3, -0.25) is 10.1 Å². The van der Waals surface area contributed by atoms with Crippen molar-refractivity contribution < 1.29 is 4.79 Å². The Morgan fingerprint density at radius 2 is 2.28 bits per heavy atom. The van der Waals surface area contributed by atoms with Gasteiger partial charge in [0.05, 0.1) is 5.56 Å². The second-order valence-corrected chi connectivity index (χ2v) is 4.61. The van der Waals surface area contributed by atoms with Crippen molar-refractivity contribution in [2.75, 3.05) is 17.2 Å². The molecule has 0 unspecified atom stereocenters. The maximum Gasteiger partial charge on any atom is 0.259 e. The van der Waals surface area contributed by atoms with Gasteiger partial charge >= 0.3 is 0 Å². The molecule has 94 valence electrons. The van der Waals surface area contributed by atoms with E-state index in [4.69, 9.17) is 0 Å². The van der Waals surface area contributed by atoms with Crippen molar-refractivity contribution in [2.24, 2.45) is 0 Å². The Morgan fingerprint density at radius 1 is 1.44 bits per heavy atom. The van der Waals surface area contributed by atoms with E-state index in [1.165, 1.54) is 11.3 Å². The van der Waals surface area contributed by atoms with Crippen molar-refractivity contribution >= 4 is 28.1 Å². The van der Waals surface area contributed by atoms with Gasteiger partial charge < -0.3 is 5.32 Å². The van der Waals surface area contributed by atoms with Crippen LogP contribution in [0.2, 0.25) is 0 Å². The van der Waals surface area contributed by atoms with Gasteiger partial charge in [0.2, 0.25) is 5.13 Å². The average Bonchev–Trinajstić information content (AvgIpc) is 2.84. The standard InChI is InChI=1S/C12H14N4OS/c1-3-13-10-5-4-8(2)6-9(10)11(17)15-12-16-14-7-18-12/h4-7,13H,3H2,1-2H3,(H,15,16,17). The molecule has 2 N–H and O–H groups in total. The largest absolute Gasteiger partial charge is 0.385 e. The molecule has 0 saturated heterocycles. The monoisotopic (exact) mass is 262 g/mol. The summed E-state index contributed by atoms with van der Waals surface area (Å²) < 4.78 is 0. The molecule has 18 heavy (non-hydrogen) atoms. The topological polar surface area (TPSA) is 66.9 Å². The number of hydrogen-bond acceptors (Lipinski definition) is 5. The summed E-state index contributed by atoms with van der Waals surface area (Å²) in [4.78, 5) is 12.1. The van der Waals surface area contributed by atoms with E-state index in [1.807, 2.05) is 32.0 Å². The Balaban J connectivity index is 2.25. The minimum Gasteiger partial charge on any atom is -0.385 e. The van der Waals surface area contributed by atoms with E-state index in [0.29, 0.717) is 10.7 Å². The molecule has 1 aromatic heterocycles. The molecular weight excluding hydrogens is 248 g/mol. The molecule has 2 aromatic rings. The van der Waals surface area contributed by atoms with Crippen molar-refractivity contribution in [3.05, 3.63) is 34.8 Å². The van der Waals surface area contributed by atoms with Crippen LogP contribution < -0.4 is 10.6 Å². The molecule has 0 saturated carbocycles. The number of hydrogen-bond donors (Lipinski definition) is 2. The summed E-state index contributed by atoms with van der Waals surface area (Å²) in [7, 11) is 0. The first-order valence-electron chi connectivity index (χ1n) is 5.62. The summed E-state index contributed by atoms with van der Waals surface area (Å²) in [6.07, 6.45) is 0. The molecule has 1 heterocycles. The predicted molar refractivity (Wildman–Crippen MR) is 73.2 cm³/mol. The zero-order valence-corrected chi connectivity index (χ0v) is 11.0. The van der Waals surface area contributed by atoms with Crippen LogP contribution in [-0.4, -0.2) is 22.6 Å². The van der Waals surface area contributed by atoms with E-state index in [-0.39, 0.29) is 5.91 Å². The number of anilines is 2. The summed E-state index contributed by atoms with van der Waals surface area (Å²) in [5.74, 6) is -0.175. The molecule has 0 radical (unpaired) electrons. The first kappa shape index (κ1) is 12.5. The lowest BCUT2D eigenvalue weighted by molar-refractivity contribution is 0.102. The number of nitrogens with zero attached hydrogens (tertiary/aromatic N) is 2. The lowest BCUT2D eigenvalue weighted by atomic mass is 10.1. The fraction of sp³-hybridized carbons (Fsp3) is 0.250. The highest BCUT2D eigenvalue weighted by Gasteiger charge is 2.12. The third-order valence-corrected chi connectivity index (χ3v) is 2.97. The molecule has 2 rings (SSSR count). The number of aryl methyl sites for hydroxylation is 1. The third-order valence-electron chi connectivity index (χ3n) is 2.37. The Morgan fingerprint density at radius 3 is 2.94 bits per heavy atom. The average molecular weight is 262 g/mol. The summed E-state index contributed by atoms with van der Waals surface area (Å²) in [6, 6.07) is 5.74. The highest BCUT2D eigenvalue weighted by atomic mass is 32.1. The SMILES string of the molecule is CCNc1ccc(C)cc1C(=O)Nc1nncs1. The number of rotatable bonds is 4. The lowest BCUT2D eigenvalue weighted by Gasteiger charge is -2.10. The van der Waals surface area contributed by atoms with E-state index >= 15 is 0 Å². The molecular formula is C12H14N4OS. The van der Waals surface area contributed by atoms with Crippen LogP contribution >= 0.6 is 11.3 Å². The normalized spacial score (nSPS) is 10.1. The van der Waals surface area contributed by atoms with Crippen LogP contribution in [0.1, 0.15) is 22.8 Å². The Kier molecular flexibility index (Phi) is 3.88. The van der Waals surface area contributed by atoms with E-state index in [1.54, 1.807) is 5.51 Å². The van der Waals surface area contributed by atoms with Gasteiger partial charge in [-0.25, -0.2) is 0 Å². The van der Waals surface area contributed by atoms with Crippen LogP contribution in [-0.2, 0) is 0 Å². The number of carbonyl (C=O) groups excluding carboxylic acids is 1. The molecule has 0 aliphatic heterocycles. The molecule has 0 atom stereocenters. The molecule has 0 fully saturated rings. The van der Waals surface area contributed by atoms with Gasteiger partial charge in [-0.05, 0) is 26.0 Å². The van der Waals surface area contributed by atoms with E-state index < -0.39 is 0 Å². The van der Waals surface area contributed by atoms with Crippen LogP contribution in [0.5, 0.6) is 0 Å². The summed E-state index contributed by atoms with van der Waals surface area (Å²) in [5.41, 5.74) is 4.06. The minimum atomic E-state index is -0.175.